The van der Waals surface area contributed by atoms with Crippen LogP contribution >= 0.6 is 11.3 Å². The van der Waals surface area contributed by atoms with Crippen LogP contribution in [-0.2, 0) is 10.2 Å². The molecule has 0 aliphatic heterocycles. The molecule has 122 valence electrons. The summed E-state index contributed by atoms with van der Waals surface area (Å²) < 4.78 is 5.61. The van der Waals surface area contributed by atoms with Gasteiger partial charge in [0.15, 0.2) is 0 Å². The summed E-state index contributed by atoms with van der Waals surface area (Å²) >= 11 is 1.84. The SMILES string of the molecule is CCOCC(NC(C)c1sc(C(C)(C)C)nc1C)C(C)C. The van der Waals surface area contributed by atoms with Crippen molar-refractivity contribution >= 4 is 11.3 Å². The van der Waals surface area contributed by atoms with Crippen molar-refractivity contribution < 1.29 is 4.74 Å². The van der Waals surface area contributed by atoms with Crippen molar-refractivity contribution in [2.24, 2.45) is 5.92 Å². The average molecular weight is 313 g/mol. The summed E-state index contributed by atoms with van der Waals surface area (Å²) in [5, 5.41) is 4.94. The lowest BCUT2D eigenvalue weighted by molar-refractivity contribution is 0.104. The molecule has 0 spiro atoms. The molecule has 1 aromatic rings. The van der Waals surface area contributed by atoms with Crippen molar-refractivity contribution in [3.8, 4) is 0 Å². The summed E-state index contributed by atoms with van der Waals surface area (Å²) in [6, 6.07) is 0.686. The predicted octanol–water partition coefficient (Wildman–Crippen LogP) is 4.46. The van der Waals surface area contributed by atoms with Gasteiger partial charge in [0.1, 0.15) is 0 Å². The van der Waals surface area contributed by atoms with E-state index in [9.17, 15) is 0 Å². The molecule has 4 heteroatoms. The fraction of sp³-hybridized carbons (Fsp3) is 0.824. The highest BCUT2D eigenvalue weighted by Crippen LogP contribution is 2.32. The number of hydrogen-bond donors (Lipinski definition) is 1. The van der Waals surface area contributed by atoms with Gasteiger partial charge in [-0.15, -0.1) is 11.3 Å². The summed E-state index contributed by atoms with van der Waals surface area (Å²) in [6.45, 7) is 19.1. The van der Waals surface area contributed by atoms with Crippen LogP contribution in [0.15, 0.2) is 0 Å². The Bertz CT molecular complexity index is 434. The molecule has 0 saturated carbocycles. The lowest BCUT2D eigenvalue weighted by Crippen LogP contribution is -2.39. The van der Waals surface area contributed by atoms with Crippen molar-refractivity contribution in [2.75, 3.05) is 13.2 Å². The molecule has 1 N–H and O–H groups in total. The molecule has 2 atom stereocenters. The monoisotopic (exact) mass is 312 g/mol. The van der Waals surface area contributed by atoms with E-state index in [0.717, 1.165) is 18.9 Å². The smallest absolute Gasteiger partial charge is 0.0985 e. The van der Waals surface area contributed by atoms with E-state index in [1.54, 1.807) is 0 Å². The highest BCUT2D eigenvalue weighted by atomic mass is 32.1. The first kappa shape index (κ1) is 18.6. The Morgan fingerprint density at radius 2 is 1.86 bits per heavy atom. The second-order valence-corrected chi connectivity index (χ2v) is 8.15. The molecule has 3 nitrogen and oxygen atoms in total. The van der Waals surface area contributed by atoms with Crippen molar-refractivity contribution in [3.63, 3.8) is 0 Å². The molecule has 0 aromatic carbocycles. The maximum Gasteiger partial charge on any atom is 0.0985 e. The third-order valence-electron chi connectivity index (χ3n) is 3.64. The Morgan fingerprint density at radius 3 is 2.29 bits per heavy atom. The Balaban J connectivity index is 2.82. The molecular formula is C17H32N2OS. The van der Waals surface area contributed by atoms with Gasteiger partial charge in [0.2, 0.25) is 0 Å². The van der Waals surface area contributed by atoms with Gasteiger partial charge in [-0.05, 0) is 26.7 Å². The molecule has 0 fully saturated rings. The van der Waals surface area contributed by atoms with Crippen LogP contribution < -0.4 is 5.32 Å². The fourth-order valence-corrected chi connectivity index (χ4v) is 3.34. The van der Waals surface area contributed by atoms with E-state index in [0.29, 0.717) is 18.0 Å². The molecule has 0 radical (unpaired) electrons. The average Bonchev–Trinajstić information content (AvgIpc) is 2.76. The van der Waals surface area contributed by atoms with Crippen LogP contribution in [-0.4, -0.2) is 24.2 Å². The Hall–Kier alpha value is -0.450. The predicted molar refractivity (Wildman–Crippen MR) is 92.2 cm³/mol. The van der Waals surface area contributed by atoms with E-state index in [2.05, 4.69) is 53.8 Å². The van der Waals surface area contributed by atoms with Crippen LogP contribution in [0, 0.1) is 12.8 Å². The first-order chi connectivity index (χ1) is 9.66. The van der Waals surface area contributed by atoms with Gasteiger partial charge in [-0.25, -0.2) is 4.98 Å². The second-order valence-electron chi connectivity index (χ2n) is 7.12. The topological polar surface area (TPSA) is 34.1 Å². The van der Waals surface area contributed by atoms with Gasteiger partial charge in [-0.2, -0.15) is 0 Å². The van der Waals surface area contributed by atoms with Crippen molar-refractivity contribution in [3.05, 3.63) is 15.6 Å². The standard InChI is InChI=1S/C17H32N2OS/c1-9-20-10-14(11(2)3)18-12(4)15-13(5)19-16(21-15)17(6,7)8/h11-12,14,18H,9-10H2,1-8H3. The first-order valence-electron chi connectivity index (χ1n) is 7.98. The summed E-state index contributed by atoms with van der Waals surface area (Å²) in [6.07, 6.45) is 0. The van der Waals surface area contributed by atoms with Gasteiger partial charge in [-0.3, -0.25) is 0 Å². The Labute approximate surface area is 134 Å². The zero-order valence-corrected chi connectivity index (χ0v) is 15.7. The molecule has 21 heavy (non-hydrogen) atoms. The number of nitrogens with zero attached hydrogens (tertiary/aromatic N) is 1. The molecule has 2 unspecified atom stereocenters. The molecule has 0 aliphatic carbocycles. The minimum absolute atomic E-state index is 0.121. The van der Waals surface area contributed by atoms with Crippen LogP contribution in [0.1, 0.15) is 70.1 Å². The van der Waals surface area contributed by atoms with Crippen molar-refractivity contribution in [2.45, 2.75) is 72.9 Å². The first-order valence-corrected chi connectivity index (χ1v) is 8.80. The van der Waals surface area contributed by atoms with Gasteiger partial charge >= 0.3 is 0 Å². The number of rotatable bonds is 7. The number of hydrogen-bond acceptors (Lipinski definition) is 4. The van der Waals surface area contributed by atoms with E-state index in [-0.39, 0.29) is 5.41 Å². The van der Waals surface area contributed by atoms with Crippen LogP contribution in [0.3, 0.4) is 0 Å². The maximum absolute atomic E-state index is 5.61. The largest absolute Gasteiger partial charge is 0.380 e. The normalized spacial score (nSPS) is 15.5. The van der Waals surface area contributed by atoms with Crippen LogP contribution in [0.2, 0.25) is 0 Å². The molecule has 1 heterocycles. The van der Waals surface area contributed by atoms with Gasteiger partial charge < -0.3 is 10.1 Å². The molecule has 0 amide bonds. The fourth-order valence-electron chi connectivity index (χ4n) is 2.21. The molecule has 0 saturated heterocycles. The maximum atomic E-state index is 5.61. The molecule has 1 aromatic heterocycles. The molecule has 0 bridgehead atoms. The van der Waals surface area contributed by atoms with Crippen molar-refractivity contribution in [1.82, 2.24) is 10.3 Å². The quantitative estimate of drug-likeness (QED) is 0.807. The van der Waals surface area contributed by atoms with E-state index in [4.69, 9.17) is 9.72 Å². The van der Waals surface area contributed by atoms with Crippen LogP contribution in [0.4, 0.5) is 0 Å². The molecule has 1 rings (SSSR count). The van der Waals surface area contributed by atoms with Gasteiger partial charge in [0.25, 0.3) is 0 Å². The van der Waals surface area contributed by atoms with Gasteiger partial charge in [0, 0.05) is 29.0 Å². The molecular weight excluding hydrogens is 280 g/mol. The lowest BCUT2D eigenvalue weighted by Gasteiger charge is -2.26. The number of thiazole rings is 1. The van der Waals surface area contributed by atoms with E-state index in [1.807, 2.05) is 18.3 Å². The zero-order valence-electron chi connectivity index (χ0n) is 14.9. The van der Waals surface area contributed by atoms with Crippen molar-refractivity contribution in [1.29, 1.82) is 0 Å². The minimum Gasteiger partial charge on any atom is -0.380 e. The summed E-state index contributed by atoms with van der Waals surface area (Å²) in [7, 11) is 0. The summed E-state index contributed by atoms with van der Waals surface area (Å²) in [5.41, 5.74) is 1.28. The van der Waals surface area contributed by atoms with Crippen LogP contribution in [0.25, 0.3) is 0 Å². The minimum atomic E-state index is 0.121. The third-order valence-corrected chi connectivity index (χ3v) is 5.40. The number of nitrogens with one attached hydrogen (secondary N) is 1. The number of aromatic nitrogens is 1. The highest BCUT2D eigenvalue weighted by Gasteiger charge is 2.24. The Morgan fingerprint density at radius 1 is 1.24 bits per heavy atom. The van der Waals surface area contributed by atoms with Gasteiger partial charge in [-0.1, -0.05) is 34.6 Å². The van der Waals surface area contributed by atoms with E-state index < -0.39 is 0 Å². The van der Waals surface area contributed by atoms with Crippen LogP contribution in [0.5, 0.6) is 0 Å². The number of aryl methyl sites for hydroxylation is 1. The summed E-state index contributed by atoms with van der Waals surface area (Å²) in [4.78, 5) is 6.11. The highest BCUT2D eigenvalue weighted by molar-refractivity contribution is 7.12. The third kappa shape index (κ3) is 5.35. The van der Waals surface area contributed by atoms with E-state index >= 15 is 0 Å². The zero-order chi connectivity index (χ0) is 16.2. The summed E-state index contributed by atoms with van der Waals surface area (Å²) in [5.74, 6) is 0.550. The lowest BCUT2D eigenvalue weighted by atomic mass is 9.98. The van der Waals surface area contributed by atoms with Gasteiger partial charge in [0.05, 0.1) is 17.3 Å². The molecule has 0 aliphatic rings. The Kier molecular flexibility index (Phi) is 6.82. The number of ether oxygens (including phenoxy) is 1. The second kappa shape index (κ2) is 7.70. The van der Waals surface area contributed by atoms with E-state index in [1.165, 1.54) is 9.88 Å².